The minimum Gasteiger partial charge on any atom is -0.497 e. The van der Waals surface area contributed by atoms with E-state index in [0.29, 0.717) is 33.0 Å². The molecule has 1 aliphatic heterocycles. The largest absolute Gasteiger partial charge is 0.497 e. The molecule has 42 heavy (non-hydrogen) atoms. The summed E-state index contributed by atoms with van der Waals surface area (Å²) >= 11 is 5.75. The number of methoxy groups -OCH3 is 1. The van der Waals surface area contributed by atoms with E-state index in [2.05, 4.69) is 51.8 Å². The van der Waals surface area contributed by atoms with Gasteiger partial charge in [0.15, 0.2) is 4.80 Å². The average Bonchev–Trinajstić information content (AvgIpc) is 3.30. The normalized spacial score (nSPS) is 14.7. The Bertz CT molecular complexity index is 1840. The van der Waals surface area contributed by atoms with Crippen molar-refractivity contribution in [3.8, 4) is 11.5 Å². The lowest BCUT2D eigenvalue weighted by Crippen LogP contribution is -2.40. The van der Waals surface area contributed by atoms with Crippen molar-refractivity contribution in [2.24, 2.45) is 4.99 Å². The predicted octanol–water partition coefficient (Wildman–Crippen LogP) is 5.72. The molecule has 3 aromatic carbocycles. The first-order valence-electron chi connectivity index (χ1n) is 13.0. The number of nitrogens with zero attached hydrogens (tertiary/aromatic N) is 2. The quantitative estimate of drug-likeness (QED) is 0.123. The van der Waals surface area contributed by atoms with Crippen LogP contribution in [0.25, 0.3) is 11.8 Å². The van der Waals surface area contributed by atoms with Gasteiger partial charge >= 0.3 is 5.97 Å². The Balaban J connectivity index is 1.76. The van der Waals surface area contributed by atoms with Crippen LogP contribution in [0.1, 0.15) is 29.7 Å². The van der Waals surface area contributed by atoms with E-state index < -0.39 is 12.0 Å². The summed E-state index contributed by atoms with van der Waals surface area (Å²) in [7, 11) is 1.59. The SMILES string of the molecule is C=CCOc1c(I)cc(/C=c2\sc3n(c2=O)[C@H](c2ccc(OC)cc2)C(C(=O)OCC)=C(c2ccccc2)N=3)cc1I. The number of esters is 1. The number of benzene rings is 3. The highest BCUT2D eigenvalue weighted by molar-refractivity contribution is 14.1. The summed E-state index contributed by atoms with van der Waals surface area (Å²) in [6, 6.07) is 20.0. The van der Waals surface area contributed by atoms with E-state index >= 15 is 0 Å². The van der Waals surface area contributed by atoms with E-state index in [1.165, 1.54) is 11.3 Å². The molecule has 2 heterocycles. The van der Waals surface area contributed by atoms with Crippen LogP contribution in [0.3, 0.4) is 0 Å². The number of aromatic nitrogens is 1. The molecule has 0 amide bonds. The van der Waals surface area contributed by atoms with Crippen LogP contribution in [0.2, 0.25) is 0 Å². The van der Waals surface area contributed by atoms with Gasteiger partial charge in [0.05, 0.1) is 42.7 Å². The monoisotopic (exact) mass is 804 g/mol. The summed E-state index contributed by atoms with van der Waals surface area (Å²) in [5.41, 5.74) is 2.90. The topological polar surface area (TPSA) is 79.1 Å². The molecule has 0 aliphatic carbocycles. The molecule has 0 radical (unpaired) electrons. The van der Waals surface area contributed by atoms with E-state index in [4.69, 9.17) is 19.2 Å². The second-order valence-corrected chi connectivity index (χ2v) is 12.5. The Hall–Kier alpha value is -3.23. The van der Waals surface area contributed by atoms with Crippen molar-refractivity contribution in [2.75, 3.05) is 20.3 Å². The Kier molecular flexibility index (Phi) is 9.63. The Labute approximate surface area is 274 Å². The lowest BCUT2D eigenvalue weighted by atomic mass is 9.93. The third kappa shape index (κ3) is 6.11. The minimum atomic E-state index is -0.751. The van der Waals surface area contributed by atoms with Crippen LogP contribution in [-0.4, -0.2) is 30.9 Å². The fourth-order valence-corrected chi connectivity index (χ4v) is 7.76. The van der Waals surface area contributed by atoms with Crippen LogP contribution in [0.4, 0.5) is 0 Å². The number of hydrogen-bond acceptors (Lipinski definition) is 7. The van der Waals surface area contributed by atoms with Crippen molar-refractivity contribution in [1.82, 2.24) is 4.57 Å². The standard InChI is InChI=1S/C32H26I2N2O5S/c1-4-15-41-29-23(33)16-19(17-24(29)34)18-25-30(37)36-28(21-11-13-22(39-3)14-12-21)26(31(38)40-5-2)27(35-32(36)42-25)20-9-7-6-8-10-20/h4,6-14,16-18,28H,1,5,15H2,2-3H3/b25-18-/t28-/m1/s1. The second kappa shape index (κ2) is 13.4. The third-order valence-corrected chi connectivity index (χ3v) is 9.05. The number of carbonyl (C=O) groups excluding carboxylic acids is 1. The average molecular weight is 804 g/mol. The van der Waals surface area contributed by atoms with Gasteiger partial charge in [-0.3, -0.25) is 9.36 Å². The highest BCUT2D eigenvalue weighted by Crippen LogP contribution is 2.36. The van der Waals surface area contributed by atoms with Crippen LogP contribution in [0, 0.1) is 7.14 Å². The van der Waals surface area contributed by atoms with Crippen LogP contribution in [-0.2, 0) is 9.53 Å². The van der Waals surface area contributed by atoms with Crippen molar-refractivity contribution in [1.29, 1.82) is 0 Å². The molecule has 4 aromatic rings. The first-order valence-corrected chi connectivity index (χ1v) is 16.0. The van der Waals surface area contributed by atoms with E-state index in [1.54, 1.807) is 24.7 Å². The Morgan fingerprint density at radius 1 is 1.10 bits per heavy atom. The first-order chi connectivity index (χ1) is 20.4. The first kappa shape index (κ1) is 30.2. The smallest absolute Gasteiger partial charge is 0.338 e. The number of carbonyl (C=O) groups is 1. The number of hydrogen-bond donors (Lipinski definition) is 0. The molecule has 0 unspecified atom stereocenters. The van der Waals surface area contributed by atoms with E-state index in [1.807, 2.05) is 72.8 Å². The summed E-state index contributed by atoms with van der Waals surface area (Å²) in [6.45, 7) is 6.07. The van der Waals surface area contributed by atoms with Gasteiger partial charge in [0, 0.05) is 5.56 Å². The molecule has 10 heteroatoms. The van der Waals surface area contributed by atoms with E-state index in [9.17, 15) is 9.59 Å². The number of fused-ring (bicyclic) bond motifs is 1. The Morgan fingerprint density at radius 3 is 2.40 bits per heavy atom. The number of halogens is 2. The zero-order chi connectivity index (χ0) is 29.8. The number of rotatable bonds is 9. The van der Waals surface area contributed by atoms with Gasteiger partial charge in [-0.05, 0) is 93.6 Å². The maximum Gasteiger partial charge on any atom is 0.338 e. The molecular weight excluding hydrogens is 778 g/mol. The summed E-state index contributed by atoms with van der Waals surface area (Å²) in [4.78, 5) is 33.1. The summed E-state index contributed by atoms with van der Waals surface area (Å²) in [6.07, 6.45) is 3.56. The fraction of sp³-hybridized carbons (Fsp3) is 0.156. The van der Waals surface area contributed by atoms with Crippen LogP contribution < -0.4 is 24.4 Å². The molecule has 214 valence electrons. The molecule has 0 fully saturated rings. The third-order valence-electron chi connectivity index (χ3n) is 6.47. The zero-order valence-electron chi connectivity index (χ0n) is 22.8. The highest BCUT2D eigenvalue weighted by Gasteiger charge is 2.35. The van der Waals surface area contributed by atoms with Crippen LogP contribution in [0.15, 0.2) is 94.7 Å². The minimum absolute atomic E-state index is 0.188. The molecule has 1 aliphatic rings. The van der Waals surface area contributed by atoms with Gasteiger partial charge in [-0.2, -0.15) is 0 Å². The second-order valence-electron chi connectivity index (χ2n) is 9.12. The summed E-state index contributed by atoms with van der Waals surface area (Å²) < 4.78 is 20.6. The predicted molar refractivity (Wildman–Crippen MR) is 182 cm³/mol. The molecular formula is C32H26I2N2O5S. The molecule has 7 nitrogen and oxygen atoms in total. The van der Waals surface area contributed by atoms with Gasteiger partial charge in [-0.1, -0.05) is 66.5 Å². The summed E-state index contributed by atoms with van der Waals surface area (Å²) in [5, 5.41) is 0. The van der Waals surface area contributed by atoms with Crippen molar-refractivity contribution in [2.45, 2.75) is 13.0 Å². The van der Waals surface area contributed by atoms with Crippen molar-refractivity contribution in [3.05, 3.63) is 128 Å². The van der Waals surface area contributed by atoms with Crippen molar-refractivity contribution >= 4 is 74.3 Å². The van der Waals surface area contributed by atoms with Crippen molar-refractivity contribution < 1.29 is 19.0 Å². The van der Waals surface area contributed by atoms with Crippen LogP contribution in [0.5, 0.6) is 11.5 Å². The van der Waals surface area contributed by atoms with E-state index in [-0.39, 0.29) is 12.2 Å². The molecule has 0 bridgehead atoms. The van der Waals surface area contributed by atoms with Crippen molar-refractivity contribution in [3.63, 3.8) is 0 Å². The van der Waals surface area contributed by atoms with Gasteiger partial charge in [0.1, 0.15) is 18.1 Å². The molecule has 1 atom stereocenters. The van der Waals surface area contributed by atoms with Gasteiger partial charge in [-0.15, -0.1) is 0 Å². The zero-order valence-corrected chi connectivity index (χ0v) is 27.9. The maximum absolute atomic E-state index is 14.1. The number of ether oxygens (including phenoxy) is 3. The molecule has 0 spiro atoms. The number of thiazole rings is 1. The van der Waals surface area contributed by atoms with Gasteiger partial charge in [0.25, 0.3) is 5.56 Å². The molecule has 5 rings (SSSR count). The molecule has 0 N–H and O–H groups in total. The lowest BCUT2D eigenvalue weighted by Gasteiger charge is -2.26. The highest BCUT2D eigenvalue weighted by atomic mass is 127. The molecule has 0 saturated heterocycles. The molecule has 1 aromatic heterocycles. The Morgan fingerprint density at radius 2 is 1.79 bits per heavy atom. The van der Waals surface area contributed by atoms with E-state index in [0.717, 1.165) is 29.6 Å². The lowest BCUT2D eigenvalue weighted by molar-refractivity contribution is -0.138. The van der Waals surface area contributed by atoms with Crippen LogP contribution >= 0.6 is 56.5 Å². The van der Waals surface area contributed by atoms with Gasteiger partial charge in [-0.25, -0.2) is 9.79 Å². The van der Waals surface area contributed by atoms with Gasteiger partial charge < -0.3 is 14.2 Å². The summed E-state index contributed by atoms with van der Waals surface area (Å²) in [5.74, 6) is 0.927. The van der Waals surface area contributed by atoms with Gasteiger partial charge in [0.2, 0.25) is 0 Å². The maximum atomic E-state index is 14.1. The fourth-order valence-electron chi connectivity index (χ4n) is 4.64. The molecule has 0 saturated carbocycles.